The number of nitrogens with zero attached hydrogens (tertiary/aromatic N) is 1. The molecule has 0 aliphatic heterocycles. The molecule has 26 heteroatoms. The third-order valence-corrected chi connectivity index (χ3v) is 10.3. The van der Waals surface area contributed by atoms with Crippen LogP contribution < -0.4 is 31.2 Å². The molecule has 0 spiro atoms. The van der Waals surface area contributed by atoms with Crippen LogP contribution in [0.5, 0.6) is 5.88 Å². The minimum Gasteiger partial charge on any atom is -0.479 e. The first-order chi connectivity index (χ1) is 32.3. The number of Topliss-reactive ketones (excluding diaryl/α,β-unsaturated/α-hetero) is 1. The number of aliphatic carboxylic acids is 1. The Hall–Kier alpha value is -7.67. The lowest BCUT2D eigenvalue weighted by molar-refractivity contribution is -0.687. The largest absolute Gasteiger partial charge is 0.479 e. The van der Waals surface area contributed by atoms with E-state index in [1.54, 1.807) is 35.0 Å². The van der Waals surface area contributed by atoms with Crippen molar-refractivity contribution in [1.29, 1.82) is 0 Å². The number of hydrogen-bond donors (Lipinski definition) is 1. The molecule has 0 amide bonds. The summed E-state index contributed by atoms with van der Waals surface area (Å²) in [6.45, 7) is -0.392. The van der Waals surface area contributed by atoms with Gasteiger partial charge in [0.1, 0.15) is 52.7 Å². The number of benzene rings is 6. The number of halogens is 20. The molecule has 360 valence electrons. The number of carboxylic acid groups (broad SMARTS) is 1. The van der Waals surface area contributed by atoms with E-state index in [1.165, 1.54) is 0 Å². The van der Waals surface area contributed by atoms with Crippen molar-refractivity contribution in [3.63, 3.8) is 0 Å². The van der Waals surface area contributed by atoms with Crippen LogP contribution in [0.4, 0.5) is 87.8 Å². The van der Waals surface area contributed by atoms with Crippen LogP contribution in [0.25, 0.3) is 10.8 Å². The highest BCUT2D eigenvalue weighted by Gasteiger charge is 2.52. The van der Waals surface area contributed by atoms with Gasteiger partial charge in [-0.25, -0.2) is 92.6 Å². The fourth-order valence-corrected chi connectivity index (χ4v) is 7.39. The number of rotatable bonds is 10. The third kappa shape index (κ3) is 8.29. The van der Waals surface area contributed by atoms with Crippen LogP contribution in [0.2, 0.25) is 0 Å². The van der Waals surface area contributed by atoms with Crippen LogP contribution in [0.15, 0.2) is 66.9 Å². The second-order valence-electron chi connectivity index (χ2n) is 14.1. The number of pyridine rings is 1. The molecular formula is C43H16BF20NO4. The van der Waals surface area contributed by atoms with Crippen LogP contribution in [0.3, 0.4) is 0 Å². The Balaban J connectivity index is 0.000000273. The van der Waals surface area contributed by atoms with E-state index in [0.29, 0.717) is 11.4 Å². The van der Waals surface area contributed by atoms with Gasteiger partial charge >= 0.3 is 11.8 Å². The quantitative estimate of drug-likeness (QED) is 0.0374. The normalized spacial score (nSPS) is 11.5. The molecule has 0 saturated heterocycles. The van der Waals surface area contributed by atoms with Crippen molar-refractivity contribution in [2.24, 2.45) is 0 Å². The smallest absolute Gasteiger partial charge is 0.376 e. The summed E-state index contributed by atoms with van der Waals surface area (Å²) in [6.07, 6.45) is -5.48. The predicted octanol–water partition coefficient (Wildman–Crippen LogP) is 8.32. The zero-order valence-electron chi connectivity index (χ0n) is 33.0. The highest BCUT2D eigenvalue weighted by Crippen LogP contribution is 2.31. The Kier molecular flexibility index (Phi) is 14.1. The van der Waals surface area contributed by atoms with E-state index in [9.17, 15) is 62.3 Å². The molecule has 1 N–H and O–H groups in total. The standard InChI is InChI=1S/C24BF20.C19H15NO4/c26-5-1(6(27)14(35)21(42)13(5)34)25(2-7(28)15(36)22(43)16(37)8(2)29,3-9(30)17(38)23(44)18(39)10(3)31)4-11(32)19(40)24(45)20(41)12(4)33;21-17(15-7-2-1-3-8-15)12-20-11-10-14-6-4-5-9-16(14)19(20)24-13-18(22)23/h;1-11H,12-13H2/q-1;/p+1. The maximum Gasteiger partial charge on any atom is 0.376 e. The lowest BCUT2D eigenvalue weighted by Gasteiger charge is -2.44. The molecule has 0 radical (unpaired) electrons. The Morgan fingerprint density at radius 3 is 1.06 bits per heavy atom. The summed E-state index contributed by atoms with van der Waals surface area (Å²) in [7, 11) is 0. The molecule has 0 unspecified atom stereocenters. The van der Waals surface area contributed by atoms with E-state index in [4.69, 9.17) is 9.84 Å². The predicted molar refractivity (Wildman–Crippen MR) is 197 cm³/mol. The van der Waals surface area contributed by atoms with Crippen molar-refractivity contribution in [2.75, 3.05) is 6.61 Å². The number of carbonyl (C=O) groups excluding carboxylic acids is 1. The van der Waals surface area contributed by atoms with Crippen molar-refractivity contribution in [1.82, 2.24) is 0 Å². The molecule has 5 nitrogen and oxygen atoms in total. The van der Waals surface area contributed by atoms with Gasteiger partial charge in [-0.2, -0.15) is 4.57 Å². The first kappa shape index (κ1) is 50.7. The topological polar surface area (TPSA) is 67.5 Å². The number of ketones is 1. The van der Waals surface area contributed by atoms with Crippen molar-refractivity contribution in [3.05, 3.63) is 189 Å². The Morgan fingerprint density at radius 2 is 0.725 bits per heavy atom. The highest BCUT2D eigenvalue weighted by molar-refractivity contribution is 7.20. The minimum absolute atomic E-state index is 0.0731. The van der Waals surface area contributed by atoms with Crippen LogP contribution in [0, 0.1) is 116 Å². The van der Waals surface area contributed by atoms with Crippen LogP contribution in [0.1, 0.15) is 10.4 Å². The summed E-state index contributed by atoms with van der Waals surface area (Å²) in [4.78, 5) is 23.3. The Bertz CT molecular complexity index is 2880. The lowest BCUT2D eigenvalue weighted by atomic mass is 9.12. The van der Waals surface area contributed by atoms with Gasteiger partial charge in [-0.05, 0) is 11.5 Å². The van der Waals surface area contributed by atoms with Gasteiger partial charge in [-0.1, -0.05) is 48.5 Å². The van der Waals surface area contributed by atoms with E-state index < -0.39 is 157 Å². The van der Waals surface area contributed by atoms with Crippen molar-refractivity contribution >= 4 is 50.5 Å². The van der Waals surface area contributed by atoms with Crippen LogP contribution >= 0.6 is 0 Å². The SMILES string of the molecule is Fc1c(F)c(F)c([B-](c2c(F)c(F)c(F)c(F)c2F)(c2c(F)c(F)c(F)c(F)c2F)c2c(F)c(F)c(F)c(F)c2F)c(F)c1F.O=C(O)COc1c2ccccc2cc[n+]1CC(=O)c1ccccc1. The molecule has 0 fully saturated rings. The van der Waals surface area contributed by atoms with E-state index in [0.717, 1.165) is 10.8 Å². The molecule has 1 heterocycles. The van der Waals surface area contributed by atoms with Gasteiger partial charge in [-0.15, -0.1) is 21.9 Å². The maximum absolute atomic E-state index is 15.4. The fraction of sp³-hybridized carbons (Fsp3) is 0.0465. The van der Waals surface area contributed by atoms with Gasteiger partial charge < -0.3 is 9.84 Å². The summed E-state index contributed by atoms with van der Waals surface area (Å²) < 4.78 is 301. The molecule has 69 heavy (non-hydrogen) atoms. The molecule has 0 bridgehead atoms. The number of carbonyl (C=O) groups is 2. The summed E-state index contributed by atoms with van der Waals surface area (Å²) in [5.41, 5.74) is -13.7. The van der Waals surface area contributed by atoms with E-state index in [-0.39, 0.29) is 12.3 Å². The zero-order chi connectivity index (χ0) is 51.3. The van der Waals surface area contributed by atoms with Gasteiger partial charge in [0.2, 0.25) is 12.3 Å². The van der Waals surface area contributed by atoms with Gasteiger partial charge in [0.15, 0.2) is 82.6 Å². The van der Waals surface area contributed by atoms with E-state index in [2.05, 4.69) is 0 Å². The number of fused-ring (bicyclic) bond motifs is 1. The average Bonchev–Trinajstić information content (AvgIpc) is 3.33. The molecule has 0 aliphatic rings. The molecule has 0 aliphatic carbocycles. The first-order valence-electron chi connectivity index (χ1n) is 18.4. The molecular weight excluding hydrogens is 985 g/mol. The Labute approximate surface area is 369 Å². The second kappa shape index (κ2) is 19.1. The molecule has 6 aromatic carbocycles. The van der Waals surface area contributed by atoms with Gasteiger partial charge in [-0.3, -0.25) is 4.79 Å². The summed E-state index contributed by atoms with van der Waals surface area (Å²) in [5.74, 6) is -72.2. The summed E-state index contributed by atoms with van der Waals surface area (Å²) in [6, 6.07) is 18.3. The average molecular weight is 1000 g/mol. The summed E-state index contributed by atoms with van der Waals surface area (Å²) in [5, 5.41) is 10.6. The van der Waals surface area contributed by atoms with E-state index >= 15 is 35.1 Å². The number of carboxylic acids is 1. The second-order valence-corrected chi connectivity index (χ2v) is 14.1. The molecule has 1 aromatic heterocycles. The highest BCUT2D eigenvalue weighted by atomic mass is 19.2. The zero-order valence-corrected chi connectivity index (χ0v) is 33.0. The van der Waals surface area contributed by atoms with Crippen LogP contribution in [-0.4, -0.2) is 29.6 Å². The minimum atomic E-state index is -7.22. The van der Waals surface area contributed by atoms with Crippen molar-refractivity contribution in [2.45, 2.75) is 6.54 Å². The van der Waals surface area contributed by atoms with Crippen molar-refractivity contribution in [3.8, 4) is 5.88 Å². The molecule has 0 saturated carbocycles. The van der Waals surface area contributed by atoms with Gasteiger partial charge in [0, 0.05) is 11.6 Å². The van der Waals surface area contributed by atoms with Gasteiger partial charge in [0.25, 0.3) is 0 Å². The summed E-state index contributed by atoms with van der Waals surface area (Å²) >= 11 is 0. The monoisotopic (exact) mass is 1000 g/mol. The molecule has 0 atom stereocenters. The van der Waals surface area contributed by atoms with E-state index in [1.807, 2.05) is 36.4 Å². The molecule has 7 aromatic rings. The first-order valence-corrected chi connectivity index (χ1v) is 18.4. The van der Waals surface area contributed by atoms with Crippen LogP contribution in [-0.2, 0) is 11.3 Å². The number of ether oxygens (including phenoxy) is 1. The maximum atomic E-state index is 15.4. The lowest BCUT2D eigenvalue weighted by Crippen LogP contribution is -2.81. The third-order valence-electron chi connectivity index (χ3n) is 10.3. The number of aromatic nitrogens is 1. The molecule has 7 rings (SSSR count). The van der Waals surface area contributed by atoms with Gasteiger partial charge in [0.05, 0.1) is 5.39 Å². The fourth-order valence-electron chi connectivity index (χ4n) is 7.39. The van der Waals surface area contributed by atoms with Crippen molar-refractivity contribution < 1.29 is 112 Å². The Morgan fingerprint density at radius 1 is 0.420 bits per heavy atom. The number of hydrogen-bond acceptors (Lipinski definition) is 3.